The first kappa shape index (κ1) is 14.2. The summed E-state index contributed by atoms with van der Waals surface area (Å²) in [6.07, 6.45) is 20.5. The average Bonchev–Trinajstić information content (AvgIpc) is 2.26. The Hall–Kier alpha value is -0.780. The quantitative estimate of drug-likeness (QED) is 0.338. The van der Waals surface area contributed by atoms with Crippen LogP contribution in [0.15, 0.2) is 30.4 Å². The molecule has 0 aliphatic rings. The Labute approximate surface area is 95.8 Å². The maximum absolute atomic E-state index is 5.25. The van der Waals surface area contributed by atoms with Crippen molar-refractivity contribution in [3.8, 4) is 0 Å². The lowest BCUT2D eigenvalue weighted by atomic mass is 10.1. The summed E-state index contributed by atoms with van der Waals surface area (Å²) >= 11 is 0. The third-order valence-corrected chi connectivity index (χ3v) is 2.38. The van der Waals surface area contributed by atoms with Gasteiger partial charge in [-0.3, -0.25) is 0 Å². The van der Waals surface area contributed by atoms with Gasteiger partial charge in [0.15, 0.2) is 0 Å². The summed E-state index contributed by atoms with van der Waals surface area (Å²) in [5.41, 5.74) is 0. The predicted octanol–water partition coefficient (Wildman–Crippen LogP) is 5.23. The third kappa shape index (κ3) is 13.2. The number of hydrogen-bond acceptors (Lipinski definition) is 0. The van der Waals surface area contributed by atoms with E-state index in [0.717, 1.165) is 6.42 Å². The molecule has 0 saturated heterocycles. The molecule has 0 aliphatic carbocycles. The van der Waals surface area contributed by atoms with Crippen LogP contribution in [0.4, 0.5) is 0 Å². The van der Waals surface area contributed by atoms with Crippen LogP contribution in [-0.4, -0.2) is 0 Å². The van der Waals surface area contributed by atoms with Crippen molar-refractivity contribution in [1.29, 1.82) is 0 Å². The molecule has 0 aromatic carbocycles. The van der Waals surface area contributed by atoms with Crippen molar-refractivity contribution < 1.29 is 0 Å². The molecule has 0 aromatic heterocycles. The van der Waals surface area contributed by atoms with Crippen molar-refractivity contribution in [2.75, 3.05) is 0 Å². The monoisotopic (exact) mass is 205 g/mol. The molecule has 0 saturated carbocycles. The summed E-state index contributed by atoms with van der Waals surface area (Å²) < 4.78 is 0. The highest BCUT2D eigenvalue weighted by atomic mass is 13.9. The molecule has 85 valence electrons. The van der Waals surface area contributed by atoms with Gasteiger partial charge >= 0.3 is 0 Å². The molecule has 0 unspecified atom stereocenters. The molecular weight excluding hydrogens is 180 g/mol. The first-order chi connectivity index (χ1) is 7.41. The van der Waals surface area contributed by atoms with Crippen LogP contribution in [0.1, 0.15) is 58.3 Å². The van der Waals surface area contributed by atoms with Gasteiger partial charge < -0.3 is 0 Å². The lowest BCUT2D eigenvalue weighted by molar-refractivity contribution is 0.611. The molecule has 15 heavy (non-hydrogen) atoms. The van der Waals surface area contributed by atoms with Crippen molar-refractivity contribution >= 4 is 0 Å². The van der Waals surface area contributed by atoms with E-state index in [-0.39, 0.29) is 0 Å². The summed E-state index contributed by atoms with van der Waals surface area (Å²) in [4.78, 5) is 0. The minimum atomic E-state index is 0.862. The maximum Gasteiger partial charge on any atom is -0.0163 e. The maximum atomic E-state index is 5.25. The van der Waals surface area contributed by atoms with E-state index in [4.69, 9.17) is 6.58 Å². The largest absolute Gasteiger partial charge is 0.0845 e. The van der Waals surface area contributed by atoms with Crippen molar-refractivity contribution in [3.05, 3.63) is 37.0 Å². The van der Waals surface area contributed by atoms with Crippen LogP contribution < -0.4 is 0 Å². The van der Waals surface area contributed by atoms with Gasteiger partial charge in [-0.25, -0.2) is 0 Å². The van der Waals surface area contributed by atoms with Gasteiger partial charge in [0, 0.05) is 0 Å². The Kier molecular flexibility index (Phi) is 12.5. The van der Waals surface area contributed by atoms with Crippen LogP contribution in [0, 0.1) is 6.58 Å². The summed E-state index contributed by atoms with van der Waals surface area (Å²) in [6, 6.07) is 0. The first-order valence-corrected chi connectivity index (χ1v) is 6.27. The van der Waals surface area contributed by atoms with Gasteiger partial charge in [-0.15, -0.1) is 0 Å². The third-order valence-electron chi connectivity index (χ3n) is 2.38. The smallest absolute Gasteiger partial charge is 0.0163 e. The highest BCUT2D eigenvalue weighted by Crippen LogP contribution is 2.07. The van der Waals surface area contributed by atoms with E-state index in [0.29, 0.717) is 0 Å². The highest BCUT2D eigenvalue weighted by Gasteiger charge is 1.87. The summed E-state index contributed by atoms with van der Waals surface area (Å²) in [6.45, 7) is 7.51. The zero-order chi connectivity index (χ0) is 11.2. The Bertz CT molecular complexity index is 174. The Morgan fingerprint density at radius 3 is 2.27 bits per heavy atom. The van der Waals surface area contributed by atoms with Crippen LogP contribution in [0.2, 0.25) is 0 Å². The van der Waals surface area contributed by atoms with E-state index >= 15 is 0 Å². The Morgan fingerprint density at radius 1 is 0.867 bits per heavy atom. The number of unbranched alkanes of at least 4 members (excludes halogenated alkanes) is 6. The Balaban J connectivity index is 3.12. The molecule has 0 spiro atoms. The molecule has 0 nitrogen and oxygen atoms in total. The van der Waals surface area contributed by atoms with Crippen LogP contribution in [0.3, 0.4) is 0 Å². The van der Waals surface area contributed by atoms with E-state index in [9.17, 15) is 0 Å². The average molecular weight is 205 g/mol. The zero-order valence-electron chi connectivity index (χ0n) is 10.1. The van der Waals surface area contributed by atoms with E-state index < -0.39 is 0 Å². The number of rotatable bonds is 10. The molecule has 0 fully saturated rings. The molecule has 0 bridgehead atoms. The predicted molar refractivity (Wildman–Crippen MR) is 69.8 cm³/mol. The van der Waals surface area contributed by atoms with Crippen LogP contribution >= 0.6 is 0 Å². The second-order valence-corrected chi connectivity index (χ2v) is 3.88. The van der Waals surface area contributed by atoms with Crippen molar-refractivity contribution in [3.63, 3.8) is 0 Å². The molecule has 0 atom stereocenters. The van der Waals surface area contributed by atoms with E-state index in [2.05, 4.69) is 31.2 Å². The number of hydrogen-bond donors (Lipinski definition) is 0. The molecule has 0 aliphatic heterocycles. The fourth-order valence-electron chi connectivity index (χ4n) is 1.45. The molecule has 1 radical (unpaired) electrons. The Morgan fingerprint density at radius 2 is 1.53 bits per heavy atom. The normalized spacial score (nSPS) is 11.5. The van der Waals surface area contributed by atoms with Gasteiger partial charge in [0.25, 0.3) is 0 Å². The van der Waals surface area contributed by atoms with Gasteiger partial charge in [-0.2, -0.15) is 0 Å². The molecule has 0 N–H and O–H groups in total. The topological polar surface area (TPSA) is 0 Å². The molecule has 0 amide bonds. The fourth-order valence-corrected chi connectivity index (χ4v) is 1.45. The van der Waals surface area contributed by atoms with Gasteiger partial charge in [0.05, 0.1) is 0 Å². The lowest BCUT2D eigenvalue weighted by Gasteiger charge is -1.97. The van der Waals surface area contributed by atoms with Gasteiger partial charge in [0.2, 0.25) is 0 Å². The van der Waals surface area contributed by atoms with E-state index in [1.807, 2.05) is 0 Å². The van der Waals surface area contributed by atoms with Crippen molar-refractivity contribution in [2.24, 2.45) is 0 Å². The van der Waals surface area contributed by atoms with Crippen LogP contribution in [-0.2, 0) is 0 Å². The number of allylic oxidation sites excluding steroid dienone is 5. The lowest BCUT2D eigenvalue weighted by Crippen LogP contribution is -1.77. The molecule has 0 aromatic rings. The second kappa shape index (κ2) is 13.2. The highest BCUT2D eigenvalue weighted by molar-refractivity contribution is 5.03. The van der Waals surface area contributed by atoms with Crippen LogP contribution in [0.5, 0.6) is 0 Å². The summed E-state index contributed by atoms with van der Waals surface area (Å²) in [7, 11) is 0. The molecular formula is C15H25. The van der Waals surface area contributed by atoms with Gasteiger partial charge in [0.1, 0.15) is 0 Å². The van der Waals surface area contributed by atoms with Crippen molar-refractivity contribution in [2.45, 2.75) is 58.3 Å². The minimum Gasteiger partial charge on any atom is -0.0845 e. The SMILES string of the molecule is [CH]=CCC=CC=CCCCCCCCC. The summed E-state index contributed by atoms with van der Waals surface area (Å²) in [5.74, 6) is 0. The molecule has 0 rings (SSSR count). The van der Waals surface area contributed by atoms with E-state index in [1.54, 1.807) is 6.08 Å². The van der Waals surface area contributed by atoms with Crippen molar-refractivity contribution in [1.82, 2.24) is 0 Å². The fraction of sp³-hybridized carbons (Fsp3) is 0.600. The summed E-state index contributed by atoms with van der Waals surface area (Å²) in [5, 5.41) is 0. The molecule has 0 heteroatoms. The van der Waals surface area contributed by atoms with E-state index in [1.165, 1.54) is 44.9 Å². The van der Waals surface area contributed by atoms with Gasteiger partial charge in [-0.1, -0.05) is 76.0 Å². The minimum absolute atomic E-state index is 0.862. The molecule has 0 heterocycles. The first-order valence-electron chi connectivity index (χ1n) is 6.27. The van der Waals surface area contributed by atoms with Gasteiger partial charge in [-0.05, 0) is 19.3 Å². The standard InChI is InChI=1S/C15H25/c1-3-5-7-9-11-13-15-14-12-10-8-6-4-2/h1,3,7,9,11,13H,4-6,8,10,12,14-15H2,2H3. The van der Waals surface area contributed by atoms with Crippen LogP contribution in [0.25, 0.3) is 0 Å². The zero-order valence-corrected chi connectivity index (χ0v) is 10.1. The second-order valence-electron chi connectivity index (χ2n) is 3.88.